The van der Waals surface area contributed by atoms with Crippen LogP contribution in [-0.2, 0) is 0 Å². The van der Waals surface area contributed by atoms with E-state index in [4.69, 9.17) is 0 Å². The third kappa shape index (κ3) is 3.22. The minimum Gasteiger partial charge on any atom is -0.309 e. The van der Waals surface area contributed by atoms with Crippen LogP contribution in [0.2, 0.25) is 0 Å². The smallest absolute Gasteiger partial charge is 0.0991 e. The Bertz CT molecular complexity index is 2090. The summed E-state index contributed by atoms with van der Waals surface area (Å²) >= 11 is 0. The lowest BCUT2D eigenvalue weighted by molar-refractivity contribution is 1.02. The van der Waals surface area contributed by atoms with Crippen LogP contribution in [0.15, 0.2) is 140 Å². The SMILES string of the molecule is N#Cc1ccc2c(c1)c1ccccc1n2-c1ccccc1-c1ccccc1C1c2ccccc2-c2ccccc21. The van der Waals surface area contributed by atoms with E-state index < -0.39 is 0 Å². The van der Waals surface area contributed by atoms with Crippen molar-refractivity contribution < 1.29 is 0 Å². The molecule has 0 saturated heterocycles. The van der Waals surface area contributed by atoms with E-state index in [2.05, 4.69) is 138 Å². The van der Waals surface area contributed by atoms with Gasteiger partial charge in [0.1, 0.15) is 0 Å². The maximum Gasteiger partial charge on any atom is 0.0991 e. The molecule has 6 aromatic carbocycles. The highest BCUT2D eigenvalue weighted by Gasteiger charge is 2.31. The Hall–Kier alpha value is -5.39. The number of hydrogen-bond donors (Lipinski definition) is 0. The van der Waals surface area contributed by atoms with Gasteiger partial charge in [0.2, 0.25) is 0 Å². The first kappa shape index (κ1) is 22.6. The molecular weight excluding hydrogens is 484 g/mol. The van der Waals surface area contributed by atoms with Gasteiger partial charge in [0.15, 0.2) is 0 Å². The fraction of sp³-hybridized carbons (Fsp3) is 0.0263. The van der Waals surface area contributed by atoms with E-state index in [1.54, 1.807) is 0 Å². The van der Waals surface area contributed by atoms with Gasteiger partial charge in [-0.2, -0.15) is 5.26 Å². The minimum absolute atomic E-state index is 0.160. The molecule has 1 aliphatic carbocycles. The second kappa shape index (κ2) is 8.83. The van der Waals surface area contributed by atoms with Crippen LogP contribution in [0.1, 0.15) is 28.2 Å². The summed E-state index contributed by atoms with van der Waals surface area (Å²) in [6.07, 6.45) is 0. The van der Waals surface area contributed by atoms with E-state index in [0.29, 0.717) is 5.56 Å². The average molecular weight is 509 g/mol. The Balaban J connectivity index is 1.41. The van der Waals surface area contributed by atoms with Gasteiger partial charge in [0.25, 0.3) is 0 Å². The first-order valence-electron chi connectivity index (χ1n) is 13.6. The van der Waals surface area contributed by atoms with Crippen molar-refractivity contribution in [2.45, 2.75) is 5.92 Å². The summed E-state index contributed by atoms with van der Waals surface area (Å²) < 4.78 is 2.36. The Labute approximate surface area is 233 Å². The van der Waals surface area contributed by atoms with Crippen LogP contribution in [-0.4, -0.2) is 4.57 Å². The normalized spacial score (nSPS) is 12.4. The van der Waals surface area contributed by atoms with Gasteiger partial charge in [-0.05, 0) is 63.7 Å². The van der Waals surface area contributed by atoms with E-state index in [1.165, 1.54) is 38.9 Å². The quantitative estimate of drug-likeness (QED) is 0.234. The first-order chi connectivity index (χ1) is 19.8. The van der Waals surface area contributed by atoms with Gasteiger partial charge in [-0.1, -0.05) is 109 Å². The van der Waals surface area contributed by atoms with Gasteiger partial charge >= 0.3 is 0 Å². The van der Waals surface area contributed by atoms with Crippen molar-refractivity contribution >= 4 is 21.8 Å². The molecular formula is C38H24N2. The molecule has 186 valence electrons. The number of benzene rings is 6. The molecule has 7 aromatic rings. The predicted molar refractivity (Wildman–Crippen MR) is 164 cm³/mol. The molecule has 0 atom stereocenters. The number of fused-ring (bicyclic) bond motifs is 6. The molecule has 0 amide bonds. The van der Waals surface area contributed by atoms with Crippen molar-refractivity contribution in [1.29, 1.82) is 5.26 Å². The summed E-state index contributed by atoms with van der Waals surface area (Å²) in [7, 11) is 0. The number of nitrogens with zero attached hydrogens (tertiary/aromatic N) is 2. The summed E-state index contributed by atoms with van der Waals surface area (Å²) in [5, 5.41) is 11.8. The van der Waals surface area contributed by atoms with Crippen molar-refractivity contribution in [2.24, 2.45) is 0 Å². The summed E-state index contributed by atoms with van der Waals surface area (Å²) in [4.78, 5) is 0. The van der Waals surface area contributed by atoms with E-state index in [0.717, 1.165) is 27.5 Å². The number of para-hydroxylation sites is 2. The summed E-state index contributed by atoms with van der Waals surface area (Å²) in [5.41, 5.74) is 13.1. The van der Waals surface area contributed by atoms with E-state index in [-0.39, 0.29) is 5.92 Å². The number of nitriles is 1. The predicted octanol–water partition coefficient (Wildman–Crippen LogP) is 9.48. The van der Waals surface area contributed by atoms with Gasteiger partial charge < -0.3 is 4.57 Å². The van der Waals surface area contributed by atoms with Gasteiger partial charge in [0, 0.05) is 22.3 Å². The molecule has 1 heterocycles. The van der Waals surface area contributed by atoms with E-state index in [9.17, 15) is 5.26 Å². The van der Waals surface area contributed by atoms with Gasteiger partial charge in [-0.15, -0.1) is 0 Å². The highest BCUT2D eigenvalue weighted by atomic mass is 15.0. The third-order valence-electron chi connectivity index (χ3n) is 8.34. The minimum atomic E-state index is 0.160. The maximum absolute atomic E-state index is 9.60. The third-order valence-corrected chi connectivity index (χ3v) is 8.34. The standard InChI is InChI=1S/C38H24N2/c39-24-25-21-22-37-34(23-25)30-15-8-10-20-36(30)40(37)35-19-9-7-14-29(35)28-13-3-6-18-33(28)38-31-16-4-1-11-26(31)27-12-2-5-17-32(27)38/h1-23,38H. The second-order valence-electron chi connectivity index (χ2n) is 10.4. The first-order valence-corrected chi connectivity index (χ1v) is 13.6. The lowest BCUT2D eigenvalue weighted by atomic mass is 9.84. The Morgan fingerprint density at radius 3 is 1.62 bits per heavy atom. The summed E-state index contributed by atoms with van der Waals surface area (Å²) in [5.74, 6) is 0.160. The summed E-state index contributed by atoms with van der Waals surface area (Å²) in [6, 6.07) is 52.0. The van der Waals surface area contributed by atoms with Crippen LogP contribution < -0.4 is 0 Å². The largest absolute Gasteiger partial charge is 0.309 e. The highest BCUT2D eigenvalue weighted by Crippen LogP contribution is 2.50. The molecule has 0 bridgehead atoms. The Morgan fingerprint density at radius 2 is 0.975 bits per heavy atom. The van der Waals surface area contributed by atoms with Crippen LogP contribution in [0.25, 0.3) is 49.7 Å². The molecule has 0 aliphatic heterocycles. The number of hydrogen-bond acceptors (Lipinski definition) is 1. The second-order valence-corrected chi connectivity index (χ2v) is 10.4. The lowest BCUT2D eigenvalue weighted by Gasteiger charge is -2.21. The fourth-order valence-electron chi connectivity index (χ4n) is 6.68. The van der Waals surface area contributed by atoms with Crippen LogP contribution >= 0.6 is 0 Å². The Morgan fingerprint density at radius 1 is 0.475 bits per heavy atom. The molecule has 2 nitrogen and oxygen atoms in total. The Kier molecular flexibility index (Phi) is 4.99. The molecule has 1 aliphatic rings. The van der Waals surface area contributed by atoms with Crippen molar-refractivity contribution in [1.82, 2.24) is 4.57 Å². The molecule has 0 saturated carbocycles. The van der Waals surface area contributed by atoms with Crippen LogP contribution in [0.5, 0.6) is 0 Å². The van der Waals surface area contributed by atoms with Crippen molar-refractivity contribution in [2.75, 3.05) is 0 Å². The zero-order chi connectivity index (χ0) is 26.6. The molecule has 0 N–H and O–H groups in total. The summed E-state index contributed by atoms with van der Waals surface area (Å²) in [6.45, 7) is 0. The van der Waals surface area contributed by atoms with E-state index >= 15 is 0 Å². The van der Waals surface area contributed by atoms with Gasteiger partial charge in [-0.25, -0.2) is 0 Å². The van der Waals surface area contributed by atoms with Crippen LogP contribution in [0.3, 0.4) is 0 Å². The average Bonchev–Trinajstić information content (AvgIpc) is 3.53. The zero-order valence-electron chi connectivity index (χ0n) is 21.8. The van der Waals surface area contributed by atoms with Crippen LogP contribution in [0.4, 0.5) is 0 Å². The van der Waals surface area contributed by atoms with Crippen molar-refractivity contribution in [3.63, 3.8) is 0 Å². The lowest BCUT2D eigenvalue weighted by Crippen LogP contribution is -2.03. The molecule has 0 fully saturated rings. The molecule has 0 radical (unpaired) electrons. The highest BCUT2D eigenvalue weighted by molar-refractivity contribution is 6.10. The topological polar surface area (TPSA) is 28.7 Å². The molecule has 8 rings (SSSR count). The number of aromatic nitrogens is 1. The van der Waals surface area contributed by atoms with Crippen LogP contribution in [0, 0.1) is 11.3 Å². The molecule has 40 heavy (non-hydrogen) atoms. The maximum atomic E-state index is 9.60. The number of rotatable bonds is 3. The zero-order valence-corrected chi connectivity index (χ0v) is 21.8. The van der Waals surface area contributed by atoms with Crippen molar-refractivity contribution in [3.05, 3.63) is 162 Å². The molecule has 1 aromatic heterocycles. The van der Waals surface area contributed by atoms with E-state index in [1.807, 2.05) is 12.1 Å². The monoisotopic (exact) mass is 508 g/mol. The van der Waals surface area contributed by atoms with Gasteiger partial charge in [-0.3, -0.25) is 0 Å². The molecule has 2 heteroatoms. The van der Waals surface area contributed by atoms with Crippen molar-refractivity contribution in [3.8, 4) is 34.0 Å². The molecule has 0 unspecified atom stereocenters. The van der Waals surface area contributed by atoms with Gasteiger partial charge in [0.05, 0.1) is 28.4 Å². The molecule has 0 spiro atoms. The fourth-order valence-corrected chi connectivity index (χ4v) is 6.68.